The fourth-order valence-corrected chi connectivity index (χ4v) is 4.45. The average molecular weight is 362 g/mol. The number of ether oxygens (including phenoxy) is 1. The van der Waals surface area contributed by atoms with E-state index >= 15 is 0 Å². The summed E-state index contributed by atoms with van der Waals surface area (Å²) in [5.41, 5.74) is 6.74. The fraction of sp³-hybridized carbons (Fsp3) is 0.409. The maximum Gasteiger partial charge on any atom is 0.0653 e. The molecule has 1 atom stereocenters. The molecule has 1 saturated heterocycles. The Labute approximate surface area is 159 Å². The van der Waals surface area contributed by atoms with Crippen LogP contribution in [0.2, 0.25) is 0 Å². The first kappa shape index (κ1) is 16.8. The second kappa shape index (κ2) is 6.98. The highest BCUT2D eigenvalue weighted by Crippen LogP contribution is 2.36. The van der Waals surface area contributed by atoms with Crippen LogP contribution in [0.15, 0.2) is 42.6 Å². The van der Waals surface area contributed by atoms with E-state index in [1.165, 1.54) is 27.8 Å². The molecular formula is C22H26N4O. The summed E-state index contributed by atoms with van der Waals surface area (Å²) in [6.45, 7) is 9.05. The zero-order chi connectivity index (χ0) is 18.2. The molecule has 1 N–H and O–H groups in total. The fourth-order valence-electron chi connectivity index (χ4n) is 4.45. The second-order valence-corrected chi connectivity index (χ2v) is 7.58. The van der Waals surface area contributed by atoms with Gasteiger partial charge in [0.2, 0.25) is 0 Å². The molecule has 27 heavy (non-hydrogen) atoms. The Balaban J connectivity index is 1.53. The van der Waals surface area contributed by atoms with Gasteiger partial charge >= 0.3 is 0 Å². The number of hydrogen-bond donors (Lipinski definition) is 1. The van der Waals surface area contributed by atoms with Crippen molar-refractivity contribution >= 4 is 16.6 Å². The number of fused-ring (bicyclic) bond motifs is 2. The number of nitrogens with zero attached hydrogens (tertiary/aromatic N) is 3. The van der Waals surface area contributed by atoms with Crippen LogP contribution < -0.4 is 4.90 Å². The molecule has 3 aromatic rings. The maximum atomic E-state index is 5.51. The van der Waals surface area contributed by atoms with Crippen molar-refractivity contribution in [3.63, 3.8) is 0 Å². The predicted octanol–water partition coefficient (Wildman–Crippen LogP) is 3.37. The molecule has 0 amide bonds. The van der Waals surface area contributed by atoms with Crippen LogP contribution in [-0.4, -0.2) is 54.5 Å². The zero-order valence-corrected chi connectivity index (χ0v) is 15.8. The third-order valence-corrected chi connectivity index (χ3v) is 6.03. The van der Waals surface area contributed by atoms with Crippen LogP contribution in [0, 0.1) is 0 Å². The van der Waals surface area contributed by atoms with Crippen molar-refractivity contribution in [2.24, 2.45) is 0 Å². The van der Waals surface area contributed by atoms with Gasteiger partial charge in [0.1, 0.15) is 0 Å². The Morgan fingerprint density at radius 1 is 1.15 bits per heavy atom. The minimum Gasteiger partial charge on any atom is -0.378 e. The van der Waals surface area contributed by atoms with Gasteiger partial charge < -0.3 is 9.64 Å². The zero-order valence-electron chi connectivity index (χ0n) is 15.8. The lowest BCUT2D eigenvalue weighted by molar-refractivity contribution is 0.122. The number of likely N-dealkylation sites (N-methyl/N-ethyl adjacent to an activating group) is 1. The van der Waals surface area contributed by atoms with Crippen LogP contribution in [0.5, 0.6) is 0 Å². The molecule has 2 aromatic carbocycles. The van der Waals surface area contributed by atoms with Gasteiger partial charge in [-0.2, -0.15) is 5.10 Å². The summed E-state index contributed by atoms with van der Waals surface area (Å²) in [6, 6.07) is 13.8. The number of hydrogen-bond acceptors (Lipinski definition) is 4. The van der Waals surface area contributed by atoms with Crippen molar-refractivity contribution in [2.45, 2.75) is 19.4 Å². The van der Waals surface area contributed by atoms with Gasteiger partial charge in [-0.1, -0.05) is 25.1 Å². The summed E-state index contributed by atoms with van der Waals surface area (Å²) in [5.74, 6) is 0.403. The van der Waals surface area contributed by atoms with E-state index in [1.54, 1.807) is 0 Å². The van der Waals surface area contributed by atoms with Gasteiger partial charge in [0.25, 0.3) is 0 Å². The van der Waals surface area contributed by atoms with Gasteiger partial charge in [-0.25, -0.2) is 0 Å². The lowest BCUT2D eigenvalue weighted by atomic mass is 9.84. The van der Waals surface area contributed by atoms with Crippen LogP contribution in [0.25, 0.3) is 10.9 Å². The predicted molar refractivity (Wildman–Crippen MR) is 108 cm³/mol. The number of rotatable bonds is 3. The van der Waals surface area contributed by atoms with E-state index < -0.39 is 0 Å². The summed E-state index contributed by atoms with van der Waals surface area (Å²) < 4.78 is 5.51. The number of morpholine rings is 1. The van der Waals surface area contributed by atoms with Crippen molar-refractivity contribution in [3.8, 4) is 0 Å². The smallest absolute Gasteiger partial charge is 0.0653 e. The van der Waals surface area contributed by atoms with Crippen LogP contribution in [0.1, 0.15) is 29.5 Å². The maximum absolute atomic E-state index is 5.51. The Bertz CT molecular complexity index is 944. The summed E-state index contributed by atoms with van der Waals surface area (Å²) in [4.78, 5) is 4.99. The van der Waals surface area contributed by atoms with E-state index in [0.29, 0.717) is 5.92 Å². The van der Waals surface area contributed by atoms with E-state index in [9.17, 15) is 0 Å². The Morgan fingerprint density at radius 2 is 2.04 bits per heavy atom. The lowest BCUT2D eigenvalue weighted by Crippen LogP contribution is -2.37. The molecule has 2 aliphatic rings. The molecule has 5 heteroatoms. The number of H-pyrrole nitrogens is 1. The molecule has 1 aromatic heterocycles. The molecule has 0 saturated carbocycles. The van der Waals surface area contributed by atoms with Crippen LogP contribution >= 0.6 is 0 Å². The van der Waals surface area contributed by atoms with Crippen LogP contribution in [0.3, 0.4) is 0 Å². The van der Waals surface area contributed by atoms with E-state index in [1.807, 2.05) is 6.20 Å². The SMILES string of the molecule is CCN1Cc2cc(N3CCOCC3)ccc2C(c2ccc3cn[nH]c3c2)C1. The van der Waals surface area contributed by atoms with Crippen molar-refractivity contribution < 1.29 is 4.74 Å². The monoisotopic (exact) mass is 362 g/mol. The molecule has 5 rings (SSSR count). The van der Waals surface area contributed by atoms with Gasteiger partial charge in [-0.05, 0) is 41.4 Å². The number of aromatic nitrogens is 2. The number of anilines is 1. The third-order valence-electron chi connectivity index (χ3n) is 6.03. The summed E-state index contributed by atoms with van der Waals surface area (Å²) in [6.07, 6.45) is 1.89. The van der Waals surface area contributed by atoms with Crippen molar-refractivity contribution in [1.29, 1.82) is 0 Å². The molecule has 1 fully saturated rings. The molecule has 0 spiro atoms. The lowest BCUT2D eigenvalue weighted by Gasteiger charge is -2.36. The summed E-state index contributed by atoms with van der Waals surface area (Å²) in [7, 11) is 0. The van der Waals surface area contributed by atoms with Gasteiger partial charge in [0.05, 0.1) is 24.9 Å². The van der Waals surface area contributed by atoms with Crippen molar-refractivity contribution in [1.82, 2.24) is 15.1 Å². The highest BCUT2D eigenvalue weighted by atomic mass is 16.5. The number of nitrogens with one attached hydrogen (secondary N) is 1. The first-order valence-electron chi connectivity index (χ1n) is 9.92. The standard InChI is InChI=1S/C22H26N4O/c1-2-25-14-18-11-19(26-7-9-27-10-8-26)5-6-20(18)21(15-25)16-3-4-17-13-23-24-22(17)12-16/h3-6,11-13,21H,2,7-10,14-15H2,1H3,(H,23,24). The van der Waals surface area contributed by atoms with Gasteiger partial charge in [0.15, 0.2) is 0 Å². The van der Waals surface area contributed by atoms with Gasteiger partial charge in [0, 0.05) is 43.2 Å². The van der Waals surface area contributed by atoms with E-state index in [2.05, 4.69) is 63.3 Å². The molecule has 0 radical (unpaired) electrons. The van der Waals surface area contributed by atoms with E-state index in [0.717, 1.165) is 51.5 Å². The molecule has 5 nitrogen and oxygen atoms in total. The molecule has 140 valence electrons. The number of benzene rings is 2. The Hall–Kier alpha value is -2.37. The average Bonchev–Trinajstić information content (AvgIpc) is 3.21. The largest absolute Gasteiger partial charge is 0.378 e. The van der Waals surface area contributed by atoms with Gasteiger partial charge in [-0.3, -0.25) is 10.00 Å². The molecule has 0 aliphatic carbocycles. The second-order valence-electron chi connectivity index (χ2n) is 7.58. The topological polar surface area (TPSA) is 44.4 Å². The molecular weight excluding hydrogens is 336 g/mol. The quantitative estimate of drug-likeness (QED) is 0.776. The highest BCUT2D eigenvalue weighted by Gasteiger charge is 2.27. The summed E-state index contributed by atoms with van der Waals surface area (Å²) >= 11 is 0. The van der Waals surface area contributed by atoms with Crippen LogP contribution in [-0.2, 0) is 11.3 Å². The first-order valence-corrected chi connectivity index (χ1v) is 9.92. The molecule has 3 heterocycles. The summed E-state index contributed by atoms with van der Waals surface area (Å²) in [5, 5.41) is 8.46. The van der Waals surface area contributed by atoms with Gasteiger partial charge in [-0.15, -0.1) is 0 Å². The van der Waals surface area contributed by atoms with Crippen LogP contribution in [0.4, 0.5) is 5.69 Å². The van der Waals surface area contributed by atoms with Crippen molar-refractivity contribution in [3.05, 3.63) is 59.3 Å². The molecule has 1 unspecified atom stereocenters. The number of aromatic amines is 1. The normalized spacial score (nSPS) is 20.8. The molecule has 0 bridgehead atoms. The highest BCUT2D eigenvalue weighted by molar-refractivity contribution is 5.78. The Morgan fingerprint density at radius 3 is 2.89 bits per heavy atom. The first-order chi connectivity index (χ1) is 13.3. The Kier molecular flexibility index (Phi) is 4.34. The van der Waals surface area contributed by atoms with E-state index in [-0.39, 0.29) is 0 Å². The minimum absolute atomic E-state index is 0.403. The van der Waals surface area contributed by atoms with E-state index in [4.69, 9.17) is 4.74 Å². The third kappa shape index (κ3) is 3.11. The molecule has 2 aliphatic heterocycles. The minimum atomic E-state index is 0.403. The van der Waals surface area contributed by atoms with Crippen molar-refractivity contribution in [2.75, 3.05) is 44.3 Å².